The van der Waals surface area contributed by atoms with Crippen LogP contribution in [0.25, 0.3) is 0 Å². The van der Waals surface area contributed by atoms with Gasteiger partial charge in [0.2, 0.25) is 0 Å². The van der Waals surface area contributed by atoms with Crippen molar-refractivity contribution in [1.29, 1.82) is 0 Å². The largest absolute Gasteiger partial charge is 0.391 e. The van der Waals surface area contributed by atoms with Crippen LogP contribution in [0.5, 0.6) is 0 Å². The highest BCUT2D eigenvalue weighted by molar-refractivity contribution is 7.86. The van der Waals surface area contributed by atoms with Gasteiger partial charge in [-0.25, -0.2) is 0 Å². The van der Waals surface area contributed by atoms with Crippen LogP contribution >= 0.6 is 0 Å². The highest BCUT2D eigenvalue weighted by Crippen LogP contribution is 2.15. The Balaban J connectivity index is 1.47. The van der Waals surface area contributed by atoms with E-state index in [0.29, 0.717) is 26.1 Å². The van der Waals surface area contributed by atoms with Crippen molar-refractivity contribution in [3.05, 3.63) is 29.8 Å². The van der Waals surface area contributed by atoms with E-state index in [2.05, 4.69) is 0 Å². The standard InChI is InChI=1S/C21H34O6S/c1-18-10-12-21(13-11-18)28(23,24)27-15-6-3-2-4-8-19(22)16-25-17-20-9-5-7-14-26-20/h10-13,19-20,22H,2-9,14-17H2,1H3. The van der Waals surface area contributed by atoms with Gasteiger partial charge in [0.15, 0.2) is 0 Å². The molecule has 160 valence electrons. The predicted octanol–water partition coefficient (Wildman–Crippen LogP) is 3.60. The third-order valence-electron chi connectivity index (χ3n) is 4.87. The molecule has 0 spiro atoms. The number of hydrogen-bond acceptors (Lipinski definition) is 6. The van der Waals surface area contributed by atoms with Crippen LogP contribution in [0.3, 0.4) is 0 Å². The van der Waals surface area contributed by atoms with Gasteiger partial charge in [-0.05, 0) is 51.2 Å². The maximum Gasteiger partial charge on any atom is 0.296 e. The Bertz CT molecular complexity index is 637. The van der Waals surface area contributed by atoms with Gasteiger partial charge in [-0.1, -0.05) is 37.0 Å². The maximum atomic E-state index is 12.1. The zero-order chi connectivity index (χ0) is 20.2. The van der Waals surface area contributed by atoms with Crippen molar-refractivity contribution in [2.75, 3.05) is 26.4 Å². The normalized spacial score (nSPS) is 18.9. The van der Waals surface area contributed by atoms with E-state index in [1.807, 2.05) is 6.92 Å². The van der Waals surface area contributed by atoms with Gasteiger partial charge in [-0.15, -0.1) is 0 Å². The molecule has 2 atom stereocenters. The van der Waals surface area contributed by atoms with E-state index in [1.54, 1.807) is 24.3 Å². The Morgan fingerprint density at radius 1 is 1.14 bits per heavy atom. The number of unbranched alkanes of at least 4 members (excludes halogenated alkanes) is 3. The number of hydrogen-bond donors (Lipinski definition) is 1. The molecule has 1 aromatic rings. The van der Waals surface area contributed by atoms with E-state index in [9.17, 15) is 13.5 Å². The van der Waals surface area contributed by atoms with Gasteiger partial charge in [0.05, 0.1) is 36.9 Å². The molecule has 1 saturated heterocycles. The molecule has 1 heterocycles. The summed E-state index contributed by atoms with van der Waals surface area (Å²) in [7, 11) is -3.67. The second-order valence-electron chi connectivity index (χ2n) is 7.47. The molecule has 1 aliphatic heterocycles. The quantitative estimate of drug-likeness (QED) is 0.392. The number of aliphatic hydroxyl groups is 1. The van der Waals surface area contributed by atoms with Crippen molar-refractivity contribution in [2.24, 2.45) is 0 Å². The Labute approximate surface area is 169 Å². The van der Waals surface area contributed by atoms with E-state index in [-0.39, 0.29) is 17.6 Å². The Kier molecular flexibility index (Phi) is 10.4. The molecule has 1 aromatic carbocycles. The summed E-state index contributed by atoms with van der Waals surface area (Å²) in [4.78, 5) is 0.194. The highest BCUT2D eigenvalue weighted by Gasteiger charge is 2.15. The summed E-state index contributed by atoms with van der Waals surface area (Å²) >= 11 is 0. The van der Waals surface area contributed by atoms with E-state index in [4.69, 9.17) is 13.7 Å². The first-order valence-corrected chi connectivity index (χ1v) is 11.7. The van der Waals surface area contributed by atoms with E-state index < -0.39 is 16.2 Å². The molecule has 2 rings (SSSR count). The smallest absolute Gasteiger partial charge is 0.296 e. The first-order valence-electron chi connectivity index (χ1n) is 10.3. The third-order valence-corrected chi connectivity index (χ3v) is 6.19. The molecule has 0 radical (unpaired) electrons. The van der Waals surface area contributed by atoms with Crippen molar-refractivity contribution in [3.8, 4) is 0 Å². The fourth-order valence-electron chi connectivity index (χ4n) is 3.13. The van der Waals surface area contributed by atoms with Crippen LogP contribution < -0.4 is 0 Å². The minimum absolute atomic E-state index is 0.178. The molecule has 0 amide bonds. The molecule has 28 heavy (non-hydrogen) atoms. The summed E-state index contributed by atoms with van der Waals surface area (Å²) in [6.07, 6.45) is 7.12. The average molecular weight is 415 g/mol. The predicted molar refractivity (Wildman–Crippen MR) is 108 cm³/mol. The van der Waals surface area contributed by atoms with E-state index >= 15 is 0 Å². The van der Waals surface area contributed by atoms with Crippen molar-refractivity contribution in [3.63, 3.8) is 0 Å². The molecule has 0 bridgehead atoms. The minimum atomic E-state index is -3.67. The molecule has 7 heteroatoms. The molecule has 0 aromatic heterocycles. The molecule has 0 aliphatic carbocycles. The van der Waals surface area contributed by atoms with Crippen LogP contribution in [-0.2, 0) is 23.8 Å². The third kappa shape index (κ3) is 9.01. The van der Waals surface area contributed by atoms with E-state index in [0.717, 1.165) is 44.3 Å². The molecular formula is C21H34O6S. The van der Waals surface area contributed by atoms with Crippen molar-refractivity contribution in [2.45, 2.75) is 75.4 Å². The fraction of sp³-hybridized carbons (Fsp3) is 0.714. The molecule has 2 unspecified atom stereocenters. The van der Waals surface area contributed by atoms with Crippen LogP contribution in [0.4, 0.5) is 0 Å². The lowest BCUT2D eigenvalue weighted by molar-refractivity contribution is -0.0579. The number of aliphatic hydroxyl groups excluding tert-OH is 1. The fourth-order valence-corrected chi connectivity index (χ4v) is 4.08. The van der Waals surface area contributed by atoms with Crippen molar-refractivity contribution >= 4 is 10.1 Å². The number of rotatable bonds is 13. The van der Waals surface area contributed by atoms with Crippen LogP contribution in [0.1, 0.15) is 56.9 Å². The van der Waals surface area contributed by atoms with Gasteiger partial charge in [0.1, 0.15) is 0 Å². The summed E-state index contributed by atoms with van der Waals surface area (Å²) < 4.78 is 40.3. The van der Waals surface area contributed by atoms with Crippen molar-refractivity contribution < 1.29 is 27.2 Å². The van der Waals surface area contributed by atoms with Crippen LogP contribution in [0.2, 0.25) is 0 Å². The minimum Gasteiger partial charge on any atom is -0.391 e. The zero-order valence-electron chi connectivity index (χ0n) is 16.8. The Hall–Kier alpha value is -0.990. The number of ether oxygens (including phenoxy) is 2. The van der Waals surface area contributed by atoms with Gasteiger partial charge in [0, 0.05) is 6.61 Å². The summed E-state index contributed by atoms with van der Waals surface area (Å²) in [5.41, 5.74) is 1.01. The highest BCUT2D eigenvalue weighted by atomic mass is 32.2. The summed E-state index contributed by atoms with van der Waals surface area (Å²) in [6.45, 7) is 3.81. The summed E-state index contributed by atoms with van der Waals surface area (Å²) in [5.74, 6) is 0. The molecular weight excluding hydrogens is 380 g/mol. The number of benzene rings is 1. The van der Waals surface area contributed by atoms with E-state index in [1.165, 1.54) is 6.42 Å². The number of aryl methyl sites for hydroxylation is 1. The molecule has 1 aliphatic rings. The summed E-state index contributed by atoms with van der Waals surface area (Å²) in [6, 6.07) is 6.64. The van der Waals surface area contributed by atoms with Crippen LogP contribution in [0, 0.1) is 6.92 Å². The topological polar surface area (TPSA) is 82.1 Å². The second-order valence-corrected chi connectivity index (χ2v) is 9.09. The van der Waals surface area contributed by atoms with Gasteiger partial charge in [-0.2, -0.15) is 8.42 Å². The van der Waals surface area contributed by atoms with Gasteiger partial charge in [0.25, 0.3) is 10.1 Å². The van der Waals surface area contributed by atoms with Gasteiger partial charge >= 0.3 is 0 Å². The average Bonchev–Trinajstić information content (AvgIpc) is 2.68. The molecule has 1 fully saturated rings. The first kappa shape index (κ1) is 23.3. The lowest BCUT2D eigenvalue weighted by Crippen LogP contribution is -2.26. The van der Waals surface area contributed by atoms with Crippen LogP contribution in [0.15, 0.2) is 29.2 Å². The first-order chi connectivity index (χ1) is 13.5. The Morgan fingerprint density at radius 3 is 2.61 bits per heavy atom. The molecule has 1 N–H and O–H groups in total. The zero-order valence-corrected chi connectivity index (χ0v) is 17.7. The van der Waals surface area contributed by atoms with Gasteiger partial charge in [-0.3, -0.25) is 4.18 Å². The monoisotopic (exact) mass is 414 g/mol. The lowest BCUT2D eigenvalue weighted by Gasteiger charge is -2.22. The van der Waals surface area contributed by atoms with Crippen LogP contribution in [-0.4, -0.2) is 52.2 Å². The summed E-state index contributed by atoms with van der Waals surface area (Å²) in [5, 5.41) is 9.96. The molecule has 6 nitrogen and oxygen atoms in total. The second kappa shape index (κ2) is 12.5. The van der Waals surface area contributed by atoms with Crippen molar-refractivity contribution in [1.82, 2.24) is 0 Å². The van der Waals surface area contributed by atoms with Gasteiger partial charge < -0.3 is 14.6 Å². The maximum absolute atomic E-state index is 12.1. The molecule has 0 saturated carbocycles. The lowest BCUT2D eigenvalue weighted by atomic mass is 10.1. The Morgan fingerprint density at radius 2 is 1.89 bits per heavy atom. The SMILES string of the molecule is Cc1ccc(S(=O)(=O)OCCCCCCC(O)COCC2CCCCO2)cc1.